The van der Waals surface area contributed by atoms with Crippen LogP contribution in [0.1, 0.15) is 40.3 Å². The van der Waals surface area contributed by atoms with E-state index in [1.165, 1.54) is 48.2 Å². The van der Waals surface area contributed by atoms with Gasteiger partial charge in [0, 0.05) is 41.3 Å². The van der Waals surface area contributed by atoms with E-state index in [-0.39, 0.29) is 16.9 Å². The van der Waals surface area contributed by atoms with Crippen molar-refractivity contribution in [3.8, 4) is 5.69 Å². The van der Waals surface area contributed by atoms with E-state index in [0.29, 0.717) is 22.4 Å². The molecule has 0 fully saturated rings. The molecule has 0 saturated heterocycles. The number of aryl methyl sites for hydroxylation is 1. The first-order chi connectivity index (χ1) is 17.7. The van der Waals surface area contributed by atoms with Gasteiger partial charge in [-0.3, -0.25) is 29.6 Å². The van der Waals surface area contributed by atoms with Gasteiger partial charge < -0.3 is 5.32 Å². The number of nitrogens with zero attached hydrogens (tertiary/aromatic N) is 5. The van der Waals surface area contributed by atoms with Crippen LogP contribution in [0.15, 0.2) is 78.0 Å². The number of non-ortho nitro benzene ring substituents is 2. The van der Waals surface area contributed by atoms with Gasteiger partial charge in [-0.25, -0.2) is 0 Å². The Morgan fingerprint density at radius 3 is 2.19 bits per heavy atom. The highest BCUT2D eigenvalue weighted by Crippen LogP contribution is 2.29. The van der Waals surface area contributed by atoms with Crippen molar-refractivity contribution in [1.29, 1.82) is 0 Å². The molecule has 0 saturated carbocycles. The third-order valence-electron chi connectivity index (χ3n) is 5.50. The van der Waals surface area contributed by atoms with E-state index < -0.39 is 21.8 Å². The Bertz CT molecular complexity index is 1450. The Morgan fingerprint density at radius 1 is 0.973 bits per heavy atom. The molecule has 0 spiro atoms. The quantitative estimate of drug-likeness (QED) is 0.181. The van der Waals surface area contributed by atoms with Crippen LogP contribution in [0.25, 0.3) is 5.69 Å². The summed E-state index contributed by atoms with van der Waals surface area (Å²) >= 11 is 1.45. The number of nitrogens with one attached hydrogen (secondary N) is 1. The molecule has 0 radical (unpaired) electrons. The fourth-order valence-electron chi connectivity index (χ4n) is 3.65. The number of rotatable bonds is 9. The summed E-state index contributed by atoms with van der Waals surface area (Å²) in [5.74, 6) is 0.613. The molecule has 1 amide bonds. The number of carbonyl (C=O) groups excluding carboxylic acids is 1. The monoisotopic (exact) mass is 518 g/mol. The Balaban J connectivity index is 1.62. The second-order valence-electron chi connectivity index (χ2n) is 8.23. The van der Waals surface area contributed by atoms with Gasteiger partial charge in [-0.15, -0.1) is 10.2 Å². The van der Waals surface area contributed by atoms with Crippen LogP contribution in [0.5, 0.6) is 0 Å². The Kier molecular flexibility index (Phi) is 7.58. The molecule has 4 rings (SSSR count). The third-order valence-corrected chi connectivity index (χ3v) is 6.50. The average molecular weight is 519 g/mol. The van der Waals surface area contributed by atoms with Gasteiger partial charge in [-0.05, 0) is 43.7 Å². The summed E-state index contributed by atoms with van der Waals surface area (Å²) in [5.41, 5.74) is 2.94. The zero-order valence-electron chi connectivity index (χ0n) is 19.9. The number of aromatic nitrogens is 3. The Morgan fingerprint density at radius 2 is 1.59 bits per heavy atom. The molecular formula is C25H22N6O5S. The van der Waals surface area contributed by atoms with Gasteiger partial charge in [0.2, 0.25) is 0 Å². The number of amides is 1. The van der Waals surface area contributed by atoms with Gasteiger partial charge in [0.05, 0.1) is 15.9 Å². The van der Waals surface area contributed by atoms with Crippen molar-refractivity contribution in [3.63, 3.8) is 0 Å². The van der Waals surface area contributed by atoms with E-state index >= 15 is 0 Å². The second-order valence-corrected chi connectivity index (χ2v) is 9.17. The van der Waals surface area contributed by atoms with Gasteiger partial charge in [0.1, 0.15) is 0 Å². The van der Waals surface area contributed by atoms with E-state index in [2.05, 4.69) is 21.6 Å². The normalized spacial score (nSPS) is 11.6. The second kappa shape index (κ2) is 11.0. The van der Waals surface area contributed by atoms with Crippen LogP contribution in [-0.2, 0) is 5.75 Å². The number of thioether (sulfide) groups is 1. The molecule has 11 nitrogen and oxygen atoms in total. The lowest BCUT2D eigenvalue weighted by Crippen LogP contribution is -2.28. The van der Waals surface area contributed by atoms with Crippen molar-refractivity contribution in [2.75, 3.05) is 0 Å². The highest BCUT2D eigenvalue weighted by Gasteiger charge is 2.22. The summed E-state index contributed by atoms with van der Waals surface area (Å²) in [7, 11) is 0. The molecule has 3 aromatic carbocycles. The van der Waals surface area contributed by atoms with Crippen molar-refractivity contribution in [1.82, 2.24) is 20.1 Å². The number of hydrogen-bond acceptors (Lipinski definition) is 8. The number of carbonyl (C=O) groups is 1. The molecule has 12 heteroatoms. The topological polar surface area (TPSA) is 146 Å². The molecular weight excluding hydrogens is 496 g/mol. The smallest absolute Gasteiger partial charge is 0.269 e. The van der Waals surface area contributed by atoms with E-state index in [0.717, 1.165) is 11.1 Å². The Labute approximate surface area is 215 Å². The van der Waals surface area contributed by atoms with Crippen LogP contribution >= 0.6 is 11.8 Å². The first kappa shape index (κ1) is 25.5. The standard InChI is InChI=1S/C25H22N6O5S/c1-16-4-3-5-18(14-16)15-37-25-28-27-23(29(25)20-10-12-22(13-11-20)31(35)36)17(2)26-24(32)19-6-8-21(9-7-19)30(33)34/h3-14,17H,15H2,1-2H3,(H,26,32)/t17-/m1/s1. The van der Waals surface area contributed by atoms with Crippen LogP contribution in [0, 0.1) is 27.2 Å². The van der Waals surface area contributed by atoms with Crippen molar-refractivity contribution >= 4 is 29.0 Å². The molecule has 4 aromatic rings. The lowest BCUT2D eigenvalue weighted by molar-refractivity contribution is -0.385. The largest absolute Gasteiger partial charge is 0.342 e. The lowest BCUT2D eigenvalue weighted by atomic mass is 10.2. The van der Waals surface area contributed by atoms with Gasteiger partial charge in [0.15, 0.2) is 11.0 Å². The Hall–Kier alpha value is -4.58. The molecule has 37 heavy (non-hydrogen) atoms. The van der Waals surface area contributed by atoms with E-state index in [1.807, 2.05) is 25.1 Å². The van der Waals surface area contributed by atoms with Crippen LogP contribution in [0.4, 0.5) is 11.4 Å². The highest BCUT2D eigenvalue weighted by molar-refractivity contribution is 7.98. The molecule has 1 heterocycles. The van der Waals surface area contributed by atoms with Crippen LogP contribution in [-0.4, -0.2) is 30.5 Å². The average Bonchev–Trinajstić information content (AvgIpc) is 3.31. The third kappa shape index (κ3) is 5.98. The van der Waals surface area contributed by atoms with Crippen LogP contribution in [0.3, 0.4) is 0 Å². The minimum atomic E-state index is -0.598. The molecule has 0 aliphatic heterocycles. The van der Waals surface area contributed by atoms with Gasteiger partial charge >= 0.3 is 0 Å². The lowest BCUT2D eigenvalue weighted by Gasteiger charge is -2.16. The molecule has 0 aliphatic rings. The molecule has 1 N–H and O–H groups in total. The van der Waals surface area contributed by atoms with E-state index in [4.69, 9.17) is 0 Å². The van der Waals surface area contributed by atoms with Crippen molar-refractivity contribution in [2.45, 2.75) is 30.8 Å². The van der Waals surface area contributed by atoms with Crippen molar-refractivity contribution in [3.05, 3.63) is 116 Å². The van der Waals surface area contributed by atoms with Gasteiger partial charge in [-0.2, -0.15) is 0 Å². The predicted molar refractivity (Wildman–Crippen MR) is 138 cm³/mol. The molecule has 0 bridgehead atoms. The summed E-state index contributed by atoms with van der Waals surface area (Å²) in [6, 6.07) is 18.8. The van der Waals surface area contributed by atoms with E-state index in [1.54, 1.807) is 23.6 Å². The van der Waals surface area contributed by atoms with Crippen molar-refractivity contribution in [2.24, 2.45) is 0 Å². The van der Waals surface area contributed by atoms with Crippen LogP contribution in [0.2, 0.25) is 0 Å². The number of hydrogen-bond donors (Lipinski definition) is 1. The summed E-state index contributed by atoms with van der Waals surface area (Å²) in [5, 5.41) is 34.1. The summed E-state index contributed by atoms with van der Waals surface area (Å²) in [6.07, 6.45) is 0. The first-order valence-corrected chi connectivity index (χ1v) is 12.2. The number of benzene rings is 3. The van der Waals surface area contributed by atoms with E-state index in [9.17, 15) is 25.0 Å². The zero-order chi connectivity index (χ0) is 26.5. The molecule has 0 unspecified atom stereocenters. The van der Waals surface area contributed by atoms with Crippen LogP contribution < -0.4 is 5.32 Å². The number of nitro groups is 2. The molecule has 0 aliphatic carbocycles. The van der Waals surface area contributed by atoms with Gasteiger partial charge in [-0.1, -0.05) is 41.6 Å². The van der Waals surface area contributed by atoms with Crippen molar-refractivity contribution < 1.29 is 14.6 Å². The minimum absolute atomic E-state index is 0.0492. The zero-order valence-corrected chi connectivity index (χ0v) is 20.7. The summed E-state index contributed by atoms with van der Waals surface area (Å²) in [4.78, 5) is 33.8. The SMILES string of the molecule is Cc1cccc(CSc2nnc([C@@H](C)NC(=O)c3ccc([N+](=O)[O-])cc3)n2-c2ccc([N+](=O)[O-])cc2)c1. The fourth-order valence-corrected chi connectivity index (χ4v) is 4.55. The summed E-state index contributed by atoms with van der Waals surface area (Å²) in [6.45, 7) is 3.76. The molecule has 1 atom stereocenters. The molecule has 188 valence electrons. The van der Waals surface area contributed by atoms with Gasteiger partial charge in [0.25, 0.3) is 17.3 Å². The number of nitro benzene ring substituents is 2. The first-order valence-electron chi connectivity index (χ1n) is 11.2. The predicted octanol–water partition coefficient (Wildman–Crippen LogP) is 5.18. The highest BCUT2D eigenvalue weighted by atomic mass is 32.2. The fraction of sp³-hybridized carbons (Fsp3) is 0.160. The maximum atomic E-state index is 12.8. The maximum Gasteiger partial charge on any atom is 0.269 e. The molecule has 1 aromatic heterocycles. The minimum Gasteiger partial charge on any atom is -0.342 e. The maximum absolute atomic E-state index is 12.8. The summed E-state index contributed by atoms with van der Waals surface area (Å²) < 4.78 is 1.75.